The van der Waals surface area contributed by atoms with Crippen LogP contribution in [0.4, 0.5) is 0 Å². The van der Waals surface area contributed by atoms with E-state index in [1.54, 1.807) is 0 Å². The highest BCUT2D eigenvalue weighted by Crippen LogP contribution is 2.12. The van der Waals surface area contributed by atoms with Crippen molar-refractivity contribution in [3.8, 4) is 0 Å². The molecule has 2 aliphatic rings. The van der Waals surface area contributed by atoms with Crippen LogP contribution < -0.4 is 5.32 Å². The predicted molar refractivity (Wildman–Crippen MR) is 59.4 cm³/mol. The van der Waals surface area contributed by atoms with Crippen LogP contribution in [-0.4, -0.2) is 48.6 Å². The van der Waals surface area contributed by atoms with Gasteiger partial charge in [0.25, 0.3) is 0 Å². The molecule has 2 rings (SSSR count). The summed E-state index contributed by atoms with van der Waals surface area (Å²) in [7, 11) is 0. The summed E-state index contributed by atoms with van der Waals surface area (Å²) in [4.78, 5) is 2.64. The minimum Gasteiger partial charge on any atom is -0.313 e. The average Bonchev–Trinajstić information content (AvgIpc) is 2.49. The zero-order chi connectivity index (χ0) is 8.93. The maximum atomic E-state index is 3.58. The Morgan fingerprint density at radius 3 is 3.08 bits per heavy atom. The van der Waals surface area contributed by atoms with Crippen LogP contribution in [0.1, 0.15) is 19.3 Å². The fourth-order valence-electron chi connectivity index (χ4n) is 2.20. The summed E-state index contributed by atoms with van der Waals surface area (Å²) >= 11 is 2.12. The van der Waals surface area contributed by atoms with Gasteiger partial charge in [-0.25, -0.2) is 0 Å². The summed E-state index contributed by atoms with van der Waals surface area (Å²) in [6.07, 6.45) is 4.16. The molecule has 1 unspecified atom stereocenters. The number of hydrogen-bond donors (Lipinski definition) is 1. The van der Waals surface area contributed by atoms with Crippen molar-refractivity contribution in [3.05, 3.63) is 0 Å². The fraction of sp³-hybridized carbons (Fsp3) is 1.00. The molecule has 0 aliphatic carbocycles. The first-order chi connectivity index (χ1) is 6.45. The summed E-state index contributed by atoms with van der Waals surface area (Å²) in [6, 6.07) is 0.795. The highest BCUT2D eigenvalue weighted by molar-refractivity contribution is 7.99. The van der Waals surface area contributed by atoms with Gasteiger partial charge in [-0.2, -0.15) is 11.8 Å². The minimum absolute atomic E-state index is 0.795. The Kier molecular flexibility index (Phi) is 3.94. The number of nitrogens with one attached hydrogen (secondary N) is 1. The van der Waals surface area contributed by atoms with Crippen LogP contribution in [0.2, 0.25) is 0 Å². The summed E-state index contributed by atoms with van der Waals surface area (Å²) in [6.45, 7) is 5.17. The van der Waals surface area contributed by atoms with E-state index in [2.05, 4.69) is 22.0 Å². The van der Waals surface area contributed by atoms with Crippen LogP contribution in [0, 0.1) is 0 Å². The summed E-state index contributed by atoms with van der Waals surface area (Å²) in [5, 5.41) is 3.58. The van der Waals surface area contributed by atoms with E-state index in [4.69, 9.17) is 0 Å². The molecule has 2 fully saturated rings. The lowest BCUT2D eigenvalue weighted by atomic mass is 10.2. The van der Waals surface area contributed by atoms with Crippen molar-refractivity contribution in [3.63, 3.8) is 0 Å². The maximum Gasteiger partial charge on any atom is 0.0195 e. The average molecular weight is 200 g/mol. The lowest BCUT2D eigenvalue weighted by Gasteiger charge is -2.23. The second-order valence-corrected chi connectivity index (χ2v) is 5.28. The van der Waals surface area contributed by atoms with Gasteiger partial charge in [-0.05, 0) is 38.1 Å². The molecule has 0 spiro atoms. The van der Waals surface area contributed by atoms with Gasteiger partial charge >= 0.3 is 0 Å². The second-order valence-electron chi connectivity index (χ2n) is 4.06. The molecule has 13 heavy (non-hydrogen) atoms. The molecule has 0 aromatic heterocycles. The van der Waals surface area contributed by atoms with E-state index < -0.39 is 0 Å². The third kappa shape index (κ3) is 3.15. The van der Waals surface area contributed by atoms with E-state index in [-0.39, 0.29) is 0 Å². The molecule has 0 aromatic rings. The molecule has 2 saturated heterocycles. The Morgan fingerprint density at radius 1 is 1.23 bits per heavy atom. The summed E-state index contributed by atoms with van der Waals surface area (Å²) in [5.41, 5.74) is 0. The second kappa shape index (κ2) is 5.23. The highest BCUT2D eigenvalue weighted by atomic mass is 32.2. The van der Waals surface area contributed by atoms with Crippen LogP contribution in [0.25, 0.3) is 0 Å². The standard InChI is InChI=1S/C10H20N2S/c1-3-10(11-4-1)9-12-5-2-7-13-8-6-12/h10-11H,1-9H2. The van der Waals surface area contributed by atoms with Crippen molar-refractivity contribution >= 4 is 11.8 Å². The Balaban J connectivity index is 1.71. The van der Waals surface area contributed by atoms with Crippen LogP contribution in [0.5, 0.6) is 0 Å². The molecule has 2 nitrogen and oxygen atoms in total. The Bertz CT molecular complexity index is 138. The molecule has 0 radical (unpaired) electrons. The minimum atomic E-state index is 0.795. The number of rotatable bonds is 2. The predicted octanol–water partition coefficient (Wildman–Crippen LogP) is 1.18. The molecule has 3 heteroatoms. The molecule has 2 heterocycles. The van der Waals surface area contributed by atoms with E-state index in [0.29, 0.717) is 0 Å². The van der Waals surface area contributed by atoms with E-state index in [0.717, 1.165) is 6.04 Å². The first-order valence-corrected chi connectivity index (χ1v) is 6.64. The van der Waals surface area contributed by atoms with Gasteiger partial charge in [-0.1, -0.05) is 0 Å². The van der Waals surface area contributed by atoms with Crippen molar-refractivity contribution < 1.29 is 0 Å². The first-order valence-electron chi connectivity index (χ1n) is 5.48. The SMILES string of the molecule is C1CNC(CN2CCCSCC2)C1. The largest absolute Gasteiger partial charge is 0.313 e. The fourth-order valence-corrected chi connectivity index (χ4v) is 3.13. The Hall–Kier alpha value is 0.270. The van der Waals surface area contributed by atoms with Gasteiger partial charge in [0, 0.05) is 24.9 Å². The van der Waals surface area contributed by atoms with Crippen LogP contribution >= 0.6 is 11.8 Å². The third-order valence-corrected chi connectivity index (χ3v) is 4.00. The molecule has 0 amide bonds. The molecule has 0 saturated carbocycles. The lowest BCUT2D eigenvalue weighted by Crippen LogP contribution is -2.38. The van der Waals surface area contributed by atoms with Crippen molar-refractivity contribution in [1.82, 2.24) is 10.2 Å². The zero-order valence-electron chi connectivity index (χ0n) is 8.30. The topological polar surface area (TPSA) is 15.3 Å². The first kappa shape index (κ1) is 9.81. The lowest BCUT2D eigenvalue weighted by molar-refractivity contribution is 0.267. The van der Waals surface area contributed by atoms with Crippen LogP contribution in [0.3, 0.4) is 0 Å². The van der Waals surface area contributed by atoms with Gasteiger partial charge in [-0.3, -0.25) is 0 Å². The number of hydrogen-bond acceptors (Lipinski definition) is 3. The zero-order valence-corrected chi connectivity index (χ0v) is 9.11. The molecule has 2 aliphatic heterocycles. The third-order valence-electron chi connectivity index (χ3n) is 2.96. The van der Waals surface area contributed by atoms with Crippen molar-refractivity contribution in [2.75, 3.05) is 37.7 Å². The van der Waals surface area contributed by atoms with Gasteiger partial charge in [0.05, 0.1) is 0 Å². The number of nitrogens with zero attached hydrogens (tertiary/aromatic N) is 1. The van der Waals surface area contributed by atoms with E-state index in [9.17, 15) is 0 Å². The quantitative estimate of drug-likeness (QED) is 0.720. The highest BCUT2D eigenvalue weighted by Gasteiger charge is 2.18. The normalized spacial score (nSPS) is 31.8. The van der Waals surface area contributed by atoms with Gasteiger partial charge in [0.1, 0.15) is 0 Å². The Morgan fingerprint density at radius 2 is 2.23 bits per heavy atom. The number of thioether (sulfide) groups is 1. The van der Waals surface area contributed by atoms with Crippen molar-refractivity contribution in [2.24, 2.45) is 0 Å². The van der Waals surface area contributed by atoms with E-state index in [1.165, 1.54) is 56.9 Å². The van der Waals surface area contributed by atoms with Gasteiger partial charge < -0.3 is 10.2 Å². The monoisotopic (exact) mass is 200 g/mol. The summed E-state index contributed by atoms with van der Waals surface area (Å²) in [5.74, 6) is 2.71. The molecule has 0 bridgehead atoms. The van der Waals surface area contributed by atoms with Crippen LogP contribution in [0.15, 0.2) is 0 Å². The van der Waals surface area contributed by atoms with Gasteiger partial charge in [0.15, 0.2) is 0 Å². The summed E-state index contributed by atoms with van der Waals surface area (Å²) < 4.78 is 0. The Labute approximate surface area is 85.4 Å². The smallest absolute Gasteiger partial charge is 0.0195 e. The molecule has 76 valence electrons. The molecule has 1 N–H and O–H groups in total. The molecule has 1 atom stereocenters. The van der Waals surface area contributed by atoms with Crippen molar-refractivity contribution in [2.45, 2.75) is 25.3 Å². The molecular weight excluding hydrogens is 180 g/mol. The van der Waals surface area contributed by atoms with Crippen LogP contribution in [-0.2, 0) is 0 Å². The van der Waals surface area contributed by atoms with E-state index >= 15 is 0 Å². The molecular formula is C10H20N2S. The molecule has 0 aromatic carbocycles. The maximum absolute atomic E-state index is 3.58. The van der Waals surface area contributed by atoms with Crippen molar-refractivity contribution in [1.29, 1.82) is 0 Å². The van der Waals surface area contributed by atoms with Gasteiger partial charge in [0.2, 0.25) is 0 Å². The van der Waals surface area contributed by atoms with E-state index in [1.807, 2.05) is 0 Å². The van der Waals surface area contributed by atoms with Gasteiger partial charge in [-0.15, -0.1) is 0 Å².